The number of H-pyrrole nitrogens is 1. The molecule has 0 amide bonds. The first-order chi connectivity index (χ1) is 8.69. The van der Waals surface area contributed by atoms with Gasteiger partial charge in [-0.3, -0.25) is 9.89 Å². The highest BCUT2D eigenvalue weighted by molar-refractivity contribution is 5.46. The van der Waals surface area contributed by atoms with Gasteiger partial charge in [0.2, 0.25) is 0 Å². The lowest BCUT2D eigenvalue weighted by Gasteiger charge is -2.07. The normalized spacial score (nSPS) is 10.6. The average Bonchev–Trinajstić information content (AvgIpc) is 2.67. The van der Waals surface area contributed by atoms with Gasteiger partial charge in [-0.15, -0.1) is 0 Å². The molecular formula is C14H18N2O2. The van der Waals surface area contributed by atoms with E-state index in [1.807, 2.05) is 31.2 Å². The first-order valence-electron chi connectivity index (χ1n) is 6.13. The predicted octanol–water partition coefficient (Wildman–Crippen LogP) is 2.44. The number of aromatic amines is 1. The molecule has 2 aromatic rings. The molecule has 4 heteroatoms. The summed E-state index contributed by atoms with van der Waals surface area (Å²) in [6, 6.07) is 7.49. The summed E-state index contributed by atoms with van der Waals surface area (Å²) in [6.07, 6.45) is 1.75. The first kappa shape index (κ1) is 12.5. The first-order valence-corrected chi connectivity index (χ1v) is 6.13. The van der Waals surface area contributed by atoms with Crippen LogP contribution in [0.4, 0.5) is 0 Å². The minimum atomic E-state index is 0.0128. The Morgan fingerprint density at radius 1 is 1.33 bits per heavy atom. The summed E-state index contributed by atoms with van der Waals surface area (Å²) in [5.74, 6) is 0.684. The number of rotatable bonds is 4. The summed E-state index contributed by atoms with van der Waals surface area (Å²) in [5.41, 5.74) is 2.53. The number of para-hydroxylation sites is 2. The molecule has 2 rings (SSSR count). The van der Waals surface area contributed by atoms with E-state index in [2.05, 4.69) is 12.0 Å². The number of methoxy groups -OCH3 is 1. The zero-order valence-corrected chi connectivity index (χ0v) is 11.0. The number of aryl methyl sites for hydroxylation is 1. The van der Waals surface area contributed by atoms with Crippen molar-refractivity contribution < 1.29 is 4.74 Å². The third-order valence-electron chi connectivity index (χ3n) is 3.02. The standard InChI is InChI=1S/C14H18N2O2/c1-4-7-11-10(2)15-16(14(11)17)12-8-5-6-9-13(12)18-3/h5-6,8-9,15H,4,7H2,1-3H3. The number of nitrogens with zero attached hydrogens (tertiary/aromatic N) is 1. The van der Waals surface area contributed by atoms with Crippen LogP contribution in [0.25, 0.3) is 5.69 Å². The molecule has 0 saturated heterocycles. The Morgan fingerprint density at radius 3 is 2.72 bits per heavy atom. The van der Waals surface area contributed by atoms with E-state index in [1.165, 1.54) is 0 Å². The van der Waals surface area contributed by atoms with Crippen LogP contribution < -0.4 is 10.3 Å². The van der Waals surface area contributed by atoms with Crippen molar-refractivity contribution in [3.8, 4) is 11.4 Å². The number of hydrogen-bond donors (Lipinski definition) is 1. The zero-order valence-electron chi connectivity index (χ0n) is 11.0. The Kier molecular flexibility index (Phi) is 3.55. The molecule has 1 aromatic heterocycles. The summed E-state index contributed by atoms with van der Waals surface area (Å²) in [6.45, 7) is 4.00. The number of hydrogen-bond acceptors (Lipinski definition) is 2. The Balaban J connectivity index is 2.58. The smallest absolute Gasteiger partial charge is 0.274 e. The highest BCUT2D eigenvalue weighted by Crippen LogP contribution is 2.20. The fourth-order valence-corrected chi connectivity index (χ4v) is 2.11. The van der Waals surface area contributed by atoms with Crippen molar-refractivity contribution in [1.29, 1.82) is 0 Å². The molecule has 1 heterocycles. The molecule has 0 saturated carbocycles. The van der Waals surface area contributed by atoms with E-state index < -0.39 is 0 Å². The van der Waals surface area contributed by atoms with E-state index in [0.717, 1.165) is 29.8 Å². The van der Waals surface area contributed by atoms with Gasteiger partial charge in [-0.2, -0.15) is 0 Å². The van der Waals surface area contributed by atoms with Crippen LogP contribution in [-0.4, -0.2) is 16.9 Å². The second-order valence-corrected chi connectivity index (χ2v) is 4.28. The van der Waals surface area contributed by atoms with Gasteiger partial charge in [0, 0.05) is 11.3 Å². The average molecular weight is 246 g/mol. The highest BCUT2D eigenvalue weighted by atomic mass is 16.5. The van der Waals surface area contributed by atoms with Gasteiger partial charge in [0.15, 0.2) is 0 Å². The van der Waals surface area contributed by atoms with Gasteiger partial charge in [0.1, 0.15) is 11.4 Å². The molecule has 0 aliphatic heterocycles. The fourth-order valence-electron chi connectivity index (χ4n) is 2.11. The zero-order chi connectivity index (χ0) is 13.1. The van der Waals surface area contributed by atoms with E-state index >= 15 is 0 Å². The summed E-state index contributed by atoms with van der Waals surface area (Å²) >= 11 is 0. The van der Waals surface area contributed by atoms with Gasteiger partial charge in [-0.1, -0.05) is 25.5 Å². The van der Waals surface area contributed by atoms with Crippen molar-refractivity contribution in [3.05, 3.63) is 45.9 Å². The maximum atomic E-state index is 12.3. The largest absolute Gasteiger partial charge is 0.494 e. The maximum Gasteiger partial charge on any atom is 0.274 e. The minimum Gasteiger partial charge on any atom is -0.494 e. The fraction of sp³-hybridized carbons (Fsp3) is 0.357. The van der Waals surface area contributed by atoms with Crippen LogP contribution in [-0.2, 0) is 6.42 Å². The Hall–Kier alpha value is -1.97. The molecule has 0 atom stereocenters. The lowest BCUT2D eigenvalue weighted by molar-refractivity contribution is 0.411. The minimum absolute atomic E-state index is 0.0128. The number of ether oxygens (including phenoxy) is 1. The Bertz CT molecular complexity index is 596. The molecule has 0 unspecified atom stereocenters. The van der Waals surface area contributed by atoms with Crippen molar-refractivity contribution >= 4 is 0 Å². The molecule has 1 aromatic carbocycles. The van der Waals surface area contributed by atoms with Gasteiger partial charge in [-0.25, -0.2) is 4.68 Å². The van der Waals surface area contributed by atoms with Gasteiger partial charge < -0.3 is 4.74 Å². The molecule has 0 bridgehead atoms. The van der Waals surface area contributed by atoms with Crippen LogP contribution in [0.5, 0.6) is 5.75 Å². The SMILES string of the molecule is CCCc1c(C)[nH]n(-c2ccccc2OC)c1=O. The lowest BCUT2D eigenvalue weighted by atomic mass is 10.1. The van der Waals surface area contributed by atoms with Gasteiger partial charge in [0.25, 0.3) is 5.56 Å². The molecule has 0 aliphatic rings. The molecule has 1 N–H and O–H groups in total. The van der Waals surface area contributed by atoms with E-state index in [-0.39, 0.29) is 5.56 Å². The molecule has 4 nitrogen and oxygen atoms in total. The summed E-state index contributed by atoms with van der Waals surface area (Å²) in [5, 5.41) is 3.11. The summed E-state index contributed by atoms with van der Waals surface area (Å²) < 4.78 is 6.84. The van der Waals surface area contributed by atoms with Gasteiger partial charge in [0.05, 0.1) is 7.11 Å². The van der Waals surface area contributed by atoms with Crippen LogP contribution in [0, 0.1) is 6.92 Å². The van der Waals surface area contributed by atoms with E-state index in [4.69, 9.17) is 4.74 Å². The molecule has 96 valence electrons. The Labute approximate surface area is 106 Å². The molecule has 0 aliphatic carbocycles. The molecular weight excluding hydrogens is 228 g/mol. The van der Waals surface area contributed by atoms with Crippen molar-refractivity contribution in [2.75, 3.05) is 7.11 Å². The third kappa shape index (κ3) is 2.06. The summed E-state index contributed by atoms with van der Waals surface area (Å²) in [7, 11) is 1.60. The molecule has 0 spiro atoms. The van der Waals surface area contributed by atoms with E-state index in [9.17, 15) is 4.79 Å². The van der Waals surface area contributed by atoms with Crippen LogP contribution in [0.2, 0.25) is 0 Å². The Morgan fingerprint density at radius 2 is 2.06 bits per heavy atom. The summed E-state index contributed by atoms with van der Waals surface area (Å²) in [4.78, 5) is 12.3. The molecule has 0 radical (unpaired) electrons. The monoisotopic (exact) mass is 246 g/mol. The van der Waals surface area contributed by atoms with Crippen molar-refractivity contribution in [1.82, 2.24) is 9.78 Å². The van der Waals surface area contributed by atoms with Crippen LogP contribution in [0.3, 0.4) is 0 Å². The van der Waals surface area contributed by atoms with Gasteiger partial charge >= 0.3 is 0 Å². The van der Waals surface area contributed by atoms with Crippen molar-refractivity contribution in [2.24, 2.45) is 0 Å². The molecule has 0 fully saturated rings. The lowest BCUT2D eigenvalue weighted by Crippen LogP contribution is -2.17. The van der Waals surface area contributed by atoms with Gasteiger partial charge in [-0.05, 0) is 25.5 Å². The highest BCUT2D eigenvalue weighted by Gasteiger charge is 2.13. The van der Waals surface area contributed by atoms with E-state index in [0.29, 0.717) is 5.75 Å². The quantitative estimate of drug-likeness (QED) is 0.900. The number of aromatic nitrogens is 2. The third-order valence-corrected chi connectivity index (χ3v) is 3.02. The second-order valence-electron chi connectivity index (χ2n) is 4.28. The maximum absolute atomic E-state index is 12.3. The molecule has 18 heavy (non-hydrogen) atoms. The van der Waals surface area contributed by atoms with Crippen LogP contribution in [0.1, 0.15) is 24.6 Å². The number of nitrogens with one attached hydrogen (secondary N) is 1. The van der Waals surface area contributed by atoms with Crippen LogP contribution in [0.15, 0.2) is 29.1 Å². The predicted molar refractivity (Wildman–Crippen MR) is 71.7 cm³/mol. The van der Waals surface area contributed by atoms with Crippen LogP contribution >= 0.6 is 0 Å². The van der Waals surface area contributed by atoms with Crippen molar-refractivity contribution in [3.63, 3.8) is 0 Å². The second kappa shape index (κ2) is 5.12. The number of benzene rings is 1. The van der Waals surface area contributed by atoms with E-state index in [1.54, 1.807) is 11.8 Å². The van der Waals surface area contributed by atoms with Crippen molar-refractivity contribution in [2.45, 2.75) is 26.7 Å². The topological polar surface area (TPSA) is 47.0 Å².